The Hall–Kier alpha value is -2.28. The van der Waals surface area contributed by atoms with Gasteiger partial charge in [0.25, 0.3) is 0 Å². The average molecular weight is 491 g/mol. The van der Waals surface area contributed by atoms with Gasteiger partial charge in [-0.05, 0) is 80.4 Å². The van der Waals surface area contributed by atoms with Gasteiger partial charge in [-0.15, -0.1) is 12.4 Å². The highest BCUT2D eigenvalue weighted by Crippen LogP contribution is 2.31. The number of carbonyl (C=O) groups is 2. The predicted octanol–water partition coefficient (Wildman–Crippen LogP) is 4.86. The number of piperidine rings is 2. The van der Waals surface area contributed by atoms with Crippen LogP contribution in [0, 0.1) is 11.8 Å². The highest BCUT2D eigenvalue weighted by Gasteiger charge is 2.33. The molecule has 1 atom stereocenters. The fourth-order valence-corrected chi connectivity index (χ4v) is 4.98. The molecule has 3 amide bonds. The van der Waals surface area contributed by atoms with Crippen LogP contribution in [-0.4, -0.2) is 43.0 Å². The van der Waals surface area contributed by atoms with Crippen LogP contribution in [0.2, 0.25) is 5.02 Å². The Balaban J connectivity index is 0.00000306. The summed E-state index contributed by atoms with van der Waals surface area (Å²) in [6, 6.07) is 15.2. The molecule has 2 heterocycles. The van der Waals surface area contributed by atoms with E-state index >= 15 is 0 Å². The smallest absolute Gasteiger partial charge is 0.320 e. The fraction of sp³-hybridized carbons (Fsp3) is 0.440. The molecule has 0 unspecified atom stereocenters. The lowest BCUT2D eigenvalue weighted by atomic mass is 9.79. The largest absolute Gasteiger partial charge is 0.341 e. The summed E-state index contributed by atoms with van der Waals surface area (Å²) < 4.78 is 0. The summed E-state index contributed by atoms with van der Waals surface area (Å²) >= 11 is 5.92. The first-order chi connectivity index (χ1) is 15.6. The Bertz CT molecular complexity index is 896. The molecule has 2 aliphatic heterocycles. The monoisotopic (exact) mass is 490 g/mol. The Morgan fingerprint density at radius 3 is 2.15 bits per heavy atom. The van der Waals surface area contributed by atoms with Crippen molar-refractivity contribution >= 4 is 41.6 Å². The van der Waals surface area contributed by atoms with Crippen LogP contribution in [0.4, 0.5) is 10.5 Å². The molecule has 0 aromatic heterocycles. The minimum absolute atomic E-state index is 0. The minimum Gasteiger partial charge on any atom is -0.341 e. The van der Waals surface area contributed by atoms with Crippen LogP contribution in [0.25, 0.3) is 0 Å². The maximum atomic E-state index is 13.5. The predicted molar refractivity (Wildman–Crippen MR) is 135 cm³/mol. The Labute approximate surface area is 206 Å². The van der Waals surface area contributed by atoms with Gasteiger partial charge in [0.2, 0.25) is 5.91 Å². The van der Waals surface area contributed by atoms with E-state index in [0.717, 1.165) is 50.5 Å². The molecule has 2 aliphatic rings. The van der Waals surface area contributed by atoms with Gasteiger partial charge in [-0.3, -0.25) is 4.79 Å². The SMILES string of the molecule is Cl.O=C(Nc1ccc(Cl)cc1)N[C@@H](C(=O)N1CCC(C2CCNCC2)CC1)c1ccccc1. The van der Waals surface area contributed by atoms with Gasteiger partial charge in [-0.2, -0.15) is 0 Å². The number of benzene rings is 2. The molecule has 0 spiro atoms. The van der Waals surface area contributed by atoms with Crippen molar-refractivity contribution in [2.24, 2.45) is 11.8 Å². The van der Waals surface area contributed by atoms with Crippen molar-refractivity contribution in [2.45, 2.75) is 31.7 Å². The second-order valence-electron chi connectivity index (χ2n) is 8.70. The van der Waals surface area contributed by atoms with Crippen molar-refractivity contribution in [3.8, 4) is 0 Å². The molecule has 0 radical (unpaired) electrons. The van der Waals surface area contributed by atoms with Crippen molar-refractivity contribution in [1.29, 1.82) is 0 Å². The third kappa shape index (κ3) is 6.85. The van der Waals surface area contributed by atoms with Crippen LogP contribution >= 0.6 is 24.0 Å². The molecular formula is C25H32Cl2N4O2. The molecule has 0 saturated carbocycles. The highest BCUT2D eigenvalue weighted by molar-refractivity contribution is 6.30. The highest BCUT2D eigenvalue weighted by atomic mass is 35.5. The van der Waals surface area contributed by atoms with E-state index in [-0.39, 0.29) is 18.3 Å². The third-order valence-electron chi connectivity index (χ3n) is 6.66. The van der Waals surface area contributed by atoms with E-state index in [9.17, 15) is 9.59 Å². The Kier molecular flexibility index (Phi) is 9.41. The normalized spacial score (nSPS) is 18.2. The lowest BCUT2D eigenvalue weighted by Crippen LogP contribution is -2.48. The van der Waals surface area contributed by atoms with E-state index < -0.39 is 12.1 Å². The number of hydrogen-bond donors (Lipinski definition) is 3. The van der Waals surface area contributed by atoms with E-state index in [4.69, 9.17) is 11.6 Å². The van der Waals surface area contributed by atoms with Gasteiger partial charge in [-0.1, -0.05) is 41.9 Å². The van der Waals surface area contributed by atoms with Crippen LogP contribution in [0.5, 0.6) is 0 Å². The molecule has 2 fully saturated rings. The summed E-state index contributed by atoms with van der Waals surface area (Å²) in [6.07, 6.45) is 4.54. The van der Waals surface area contributed by atoms with E-state index in [1.54, 1.807) is 24.3 Å². The molecule has 33 heavy (non-hydrogen) atoms. The van der Waals surface area contributed by atoms with Crippen LogP contribution < -0.4 is 16.0 Å². The quantitative estimate of drug-likeness (QED) is 0.559. The number of hydrogen-bond acceptors (Lipinski definition) is 3. The second-order valence-corrected chi connectivity index (χ2v) is 9.14. The van der Waals surface area contributed by atoms with Gasteiger partial charge in [0.15, 0.2) is 0 Å². The summed E-state index contributed by atoms with van der Waals surface area (Å²) in [5.41, 5.74) is 1.40. The number of rotatable bonds is 5. The maximum Gasteiger partial charge on any atom is 0.320 e. The van der Waals surface area contributed by atoms with Crippen LogP contribution in [0.1, 0.15) is 37.3 Å². The number of likely N-dealkylation sites (tertiary alicyclic amines) is 1. The molecule has 3 N–H and O–H groups in total. The van der Waals surface area contributed by atoms with Crippen LogP contribution in [0.15, 0.2) is 54.6 Å². The van der Waals surface area contributed by atoms with E-state index in [2.05, 4.69) is 16.0 Å². The second kappa shape index (κ2) is 12.3. The molecule has 4 rings (SSSR count). The summed E-state index contributed by atoms with van der Waals surface area (Å²) in [4.78, 5) is 28.1. The lowest BCUT2D eigenvalue weighted by molar-refractivity contribution is -0.135. The molecule has 0 bridgehead atoms. The number of nitrogens with one attached hydrogen (secondary N) is 3. The van der Waals surface area contributed by atoms with E-state index in [1.165, 1.54) is 12.8 Å². The molecule has 8 heteroatoms. The number of nitrogens with zero attached hydrogens (tertiary/aromatic N) is 1. The van der Waals surface area contributed by atoms with Crippen LogP contribution in [0.3, 0.4) is 0 Å². The number of carbonyl (C=O) groups excluding carboxylic acids is 2. The molecule has 2 aromatic carbocycles. The lowest BCUT2D eigenvalue weighted by Gasteiger charge is -2.39. The molecule has 0 aliphatic carbocycles. The zero-order valence-corrected chi connectivity index (χ0v) is 20.2. The van der Waals surface area contributed by atoms with Crippen molar-refractivity contribution in [3.05, 3.63) is 65.2 Å². The molecule has 6 nitrogen and oxygen atoms in total. The van der Waals surface area contributed by atoms with Gasteiger partial charge >= 0.3 is 6.03 Å². The van der Waals surface area contributed by atoms with Crippen molar-refractivity contribution in [2.75, 3.05) is 31.5 Å². The molecular weight excluding hydrogens is 459 g/mol. The Morgan fingerprint density at radius 2 is 1.52 bits per heavy atom. The standard InChI is InChI=1S/C25H31ClN4O2.ClH/c26-21-6-8-22(9-7-21)28-25(32)29-23(20-4-2-1-3-5-20)24(31)30-16-12-19(13-17-30)18-10-14-27-15-11-18;/h1-9,18-19,23,27H,10-17H2,(H2,28,29,32);1H/t23-;/m1./s1. The minimum atomic E-state index is -0.723. The van der Waals surface area contributed by atoms with Crippen molar-refractivity contribution < 1.29 is 9.59 Å². The number of halogens is 2. The van der Waals surface area contributed by atoms with Gasteiger partial charge < -0.3 is 20.9 Å². The first-order valence-corrected chi connectivity index (χ1v) is 11.9. The zero-order chi connectivity index (χ0) is 22.3. The van der Waals surface area contributed by atoms with Gasteiger partial charge in [0, 0.05) is 23.8 Å². The first-order valence-electron chi connectivity index (χ1n) is 11.5. The topological polar surface area (TPSA) is 73.5 Å². The van der Waals surface area contributed by atoms with Gasteiger partial charge in [0.05, 0.1) is 0 Å². The summed E-state index contributed by atoms with van der Waals surface area (Å²) in [5, 5.41) is 9.71. The van der Waals surface area contributed by atoms with Crippen LogP contribution in [-0.2, 0) is 4.79 Å². The molecule has 2 saturated heterocycles. The summed E-state index contributed by atoms with van der Waals surface area (Å²) in [5.74, 6) is 1.41. The average Bonchev–Trinajstić information content (AvgIpc) is 2.85. The number of anilines is 1. The van der Waals surface area contributed by atoms with E-state index in [1.807, 2.05) is 35.2 Å². The fourth-order valence-electron chi connectivity index (χ4n) is 4.85. The summed E-state index contributed by atoms with van der Waals surface area (Å²) in [7, 11) is 0. The summed E-state index contributed by atoms with van der Waals surface area (Å²) in [6.45, 7) is 3.70. The van der Waals surface area contributed by atoms with Gasteiger partial charge in [0.1, 0.15) is 6.04 Å². The first kappa shape index (κ1) is 25.3. The third-order valence-corrected chi connectivity index (χ3v) is 6.91. The maximum absolute atomic E-state index is 13.5. The Morgan fingerprint density at radius 1 is 0.909 bits per heavy atom. The molecule has 2 aromatic rings. The van der Waals surface area contributed by atoms with Crippen molar-refractivity contribution in [1.82, 2.24) is 15.5 Å². The van der Waals surface area contributed by atoms with Crippen molar-refractivity contribution in [3.63, 3.8) is 0 Å². The molecule has 178 valence electrons. The van der Waals surface area contributed by atoms with E-state index in [0.29, 0.717) is 16.6 Å². The number of urea groups is 1. The zero-order valence-electron chi connectivity index (χ0n) is 18.6. The number of amides is 3. The van der Waals surface area contributed by atoms with Gasteiger partial charge in [-0.25, -0.2) is 4.79 Å².